The molecule has 1 amide bonds. The summed E-state index contributed by atoms with van der Waals surface area (Å²) in [5.74, 6) is 0.864. The molecule has 3 heterocycles. The Bertz CT molecular complexity index is 1080. The van der Waals surface area contributed by atoms with Gasteiger partial charge in [-0.2, -0.15) is 0 Å². The number of aliphatic hydroxyl groups excluding tert-OH is 1. The molecule has 1 aliphatic heterocycles. The lowest BCUT2D eigenvalue weighted by atomic mass is 9.99. The molecule has 2 aromatic heterocycles. The van der Waals surface area contributed by atoms with Gasteiger partial charge in [0.25, 0.3) is 5.91 Å². The third-order valence-corrected chi connectivity index (χ3v) is 6.33. The molecule has 1 aliphatic rings. The molecule has 0 aliphatic carbocycles. The maximum Gasteiger partial charge on any atom is 0.259 e. The first-order valence-corrected chi connectivity index (χ1v) is 11.7. The lowest BCUT2D eigenvalue weighted by Crippen LogP contribution is -2.50. The number of amides is 1. The van der Waals surface area contributed by atoms with Gasteiger partial charge in [0.1, 0.15) is 23.0 Å². The van der Waals surface area contributed by atoms with Crippen molar-refractivity contribution in [2.45, 2.75) is 39.3 Å². The summed E-state index contributed by atoms with van der Waals surface area (Å²) in [5.41, 5.74) is 1.89. The molecule has 0 spiro atoms. The van der Waals surface area contributed by atoms with Crippen LogP contribution in [0, 0.1) is 5.92 Å². The molecule has 176 valence electrons. The molecular formula is C26H33N3O4. The summed E-state index contributed by atoms with van der Waals surface area (Å²) in [7, 11) is 2.08. The van der Waals surface area contributed by atoms with E-state index >= 15 is 0 Å². The topological polar surface area (TPSA) is 79.0 Å². The summed E-state index contributed by atoms with van der Waals surface area (Å²) in [6.07, 6.45) is 2.62. The molecule has 0 fully saturated rings. The summed E-state index contributed by atoms with van der Waals surface area (Å²) in [6.45, 7) is 8.19. The third kappa shape index (κ3) is 4.89. The van der Waals surface area contributed by atoms with E-state index in [4.69, 9.17) is 9.15 Å². The molecule has 7 nitrogen and oxygen atoms in total. The second kappa shape index (κ2) is 9.93. The van der Waals surface area contributed by atoms with Gasteiger partial charge in [-0.05, 0) is 45.1 Å². The zero-order valence-corrected chi connectivity index (χ0v) is 19.8. The standard InChI is InChI=1S/C26H33N3O4/c1-5-10-28(4)15-24-17(2)14-29(18(3)16-30)26(31)21-11-20(13-27-25(21)33-24)23-12-19-8-6-7-9-22(19)32-23/h6-9,11-13,17-18,24,30H,5,10,14-16H2,1-4H3/t17-,18+,24-/m0/s1. The quantitative estimate of drug-likeness (QED) is 0.584. The SMILES string of the molecule is CCCN(C)C[C@@H]1Oc2ncc(-c3cc4ccccc4o3)cc2C(=O)N([C@H](C)CO)C[C@@H]1C. The minimum atomic E-state index is -0.310. The van der Waals surface area contributed by atoms with Gasteiger partial charge in [-0.1, -0.05) is 32.0 Å². The second-order valence-electron chi connectivity index (χ2n) is 9.11. The molecule has 0 radical (unpaired) electrons. The van der Waals surface area contributed by atoms with Crippen molar-refractivity contribution in [3.05, 3.63) is 48.2 Å². The van der Waals surface area contributed by atoms with Crippen LogP contribution in [-0.2, 0) is 0 Å². The molecule has 0 unspecified atom stereocenters. The number of para-hydroxylation sites is 1. The van der Waals surface area contributed by atoms with Crippen molar-refractivity contribution in [2.75, 3.05) is 33.3 Å². The molecule has 1 N–H and O–H groups in total. The van der Waals surface area contributed by atoms with Crippen LogP contribution in [-0.4, -0.2) is 71.2 Å². The van der Waals surface area contributed by atoms with Crippen molar-refractivity contribution in [3.63, 3.8) is 0 Å². The maximum absolute atomic E-state index is 13.6. The predicted molar refractivity (Wildman–Crippen MR) is 128 cm³/mol. The van der Waals surface area contributed by atoms with Crippen LogP contribution in [0.15, 0.2) is 47.0 Å². The molecule has 0 saturated carbocycles. The van der Waals surface area contributed by atoms with E-state index in [1.54, 1.807) is 17.2 Å². The number of fused-ring (bicyclic) bond motifs is 2. The maximum atomic E-state index is 13.6. The summed E-state index contributed by atoms with van der Waals surface area (Å²) in [5, 5.41) is 10.8. The summed E-state index contributed by atoms with van der Waals surface area (Å²) >= 11 is 0. The minimum Gasteiger partial charge on any atom is -0.472 e. The number of ether oxygens (including phenoxy) is 1. The van der Waals surface area contributed by atoms with Crippen LogP contribution in [0.2, 0.25) is 0 Å². The predicted octanol–water partition coefficient (Wildman–Crippen LogP) is 4.06. The average Bonchev–Trinajstić information content (AvgIpc) is 3.25. The van der Waals surface area contributed by atoms with Gasteiger partial charge in [0.2, 0.25) is 5.88 Å². The molecule has 3 atom stereocenters. The van der Waals surface area contributed by atoms with Gasteiger partial charge in [0, 0.05) is 36.2 Å². The van der Waals surface area contributed by atoms with Crippen molar-refractivity contribution in [2.24, 2.45) is 5.92 Å². The Morgan fingerprint density at radius 1 is 1.30 bits per heavy atom. The van der Waals surface area contributed by atoms with E-state index in [-0.39, 0.29) is 30.6 Å². The number of benzene rings is 1. The minimum absolute atomic E-state index is 0.0762. The Kier molecular flexibility index (Phi) is 7.00. The van der Waals surface area contributed by atoms with E-state index in [0.717, 1.165) is 30.5 Å². The van der Waals surface area contributed by atoms with Crippen LogP contribution < -0.4 is 4.74 Å². The number of carbonyl (C=O) groups excluding carboxylic acids is 1. The van der Waals surface area contributed by atoms with E-state index in [1.165, 1.54) is 0 Å². The van der Waals surface area contributed by atoms with Crippen LogP contribution >= 0.6 is 0 Å². The van der Waals surface area contributed by atoms with Crippen molar-refractivity contribution in [1.29, 1.82) is 0 Å². The van der Waals surface area contributed by atoms with Crippen molar-refractivity contribution >= 4 is 16.9 Å². The number of pyridine rings is 1. The highest BCUT2D eigenvalue weighted by molar-refractivity contribution is 5.98. The Labute approximate surface area is 195 Å². The number of nitrogens with zero attached hydrogens (tertiary/aromatic N) is 3. The zero-order chi connectivity index (χ0) is 23.5. The van der Waals surface area contributed by atoms with E-state index in [1.807, 2.05) is 37.3 Å². The highest BCUT2D eigenvalue weighted by atomic mass is 16.5. The third-order valence-electron chi connectivity index (χ3n) is 6.33. The zero-order valence-electron chi connectivity index (χ0n) is 19.8. The van der Waals surface area contributed by atoms with Gasteiger partial charge >= 0.3 is 0 Å². The summed E-state index contributed by atoms with van der Waals surface area (Å²) < 4.78 is 12.4. The summed E-state index contributed by atoms with van der Waals surface area (Å²) in [6, 6.07) is 11.2. The average molecular weight is 452 g/mol. The van der Waals surface area contributed by atoms with Gasteiger partial charge in [0.05, 0.1) is 12.6 Å². The molecule has 3 aromatic rings. The van der Waals surface area contributed by atoms with E-state index in [2.05, 4.69) is 30.8 Å². The van der Waals surface area contributed by atoms with Crippen LogP contribution in [0.3, 0.4) is 0 Å². The fourth-order valence-corrected chi connectivity index (χ4v) is 4.36. The highest BCUT2D eigenvalue weighted by Crippen LogP contribution is 2.32. The number of hydrogen-bond donors (Lipinski definition) is 1. The van der Waals surface area contributed by atoms with Gasteiger partial charge < -0.3 is 24.1 Å². The Hall–Kier alpha value is -2.90. The van der Waals surface area contributed by atoms with Gasteiger partial charge in [-0.15, -0.1) is 0 Å². The van der Waals surface area contributed by atoms with E-state index in [0.29, 0.717) is 29.3 Å². The van der Waals surface area contributed by atoms with Gasteiger partial charge in [-0.3, -0.25) is 4.79 Å². The van der Waals surface area contributed by atoms with E-state index < -0.39 is 0 Å². The number of rotatable bonds is 7. The number of aliphatic hydroxyl groups is 1. The van der Waals surface area contributed by atoms with Crippen LogP contribution in [0.25, 0.3) is 22.3 Å². The second-order valence-corrected chi connectivity index (χ2v) is 9.11. The molecule has 1 aromatic carbocycles. The molecular weight excluding hydrogens is 418 g/mol. The van der Waals surface area contributed by atoms with Gasteiger partial charge in [-0.25, -0.2) is 4.98 Å². The fourth-order valence-electron chi connectivity index (χ4n) is 4.36. The Morgan fingerprint density at radius 3 is 2.82 bits per heavy atom. The Balaban J connectivity index is 1.74. The number of carbonyl (C=O) groups is 1. The van der Waals surface area contributed by atoms with Crippen LogP contribution in [0.4, 0.5) is 0 Å². The van der Waals surface area contributed by atoms with Crippen molar-refractivity contribution in [3.8, 4) is 17.2 Å². The monoisotopic (exact) mass is 451 g/mol. The lowest BCUT2D eigenvalue weighted by Gasteiger charge is -2.37. The highest BCUT2D eigenvalue weighted by Gasteiger charge is 2.34. The molecule has 0 bridgehead atoms. The number of aromatic nitrogens is 1. The number of furan rings is 1. The first kappa shape index (κ1) is 23.3. The fraction of sp³-hybridized carbons (Fsp3) is 0.462. The lowest BCUT2D eigenvalue weighted by molar-refractivity contribution is 0.0331. The first-order valence-electron chi connectivity index (χ1n) is 11.7. The largest absolute Gasteiger partial charge is 0.472 e. The summed E-state index contributed by atoms with van der Waals surface area (Å²) in [4.78, 5) is 22.1. The first-order chi connectivity index (χ1) is 15.9. The normalized spacial score (nSPS) is 19.8. The van der Waals surface area contributed by atoms with Crippen LogP contribution in [0.5, 0.6) is 5.88 Å². The van der Waals surface area contributed by atoms with Gasteiger partial charge in [0.15, 0.2) is 0 Å². The number of hydrogen-bond acceptors (Lipinski definition) is 6. The van der Waals surface area contributed by atoms with Crippen LogP contribution in [0.1, 0.15) is 37.6 Å². The number of likely N-dealkylation sites (N-methyl/N-ethyl adjacent to an activating group) is 1. The molecule has 7 heteroatoms. The molecule has 0 saturated heterocycles. The Morgan fingerprint density at radius 2 is 2.09 bits per heavy atom. The van der Waals surface area contributed by atoms with Crippen molar-refractivity contribution < 1.29 is 19.1 Å². The molecule has 4 rings (SSSR count). The van der Waals surface area contributed by atoms with Crippen molar-refractivity contribution in [1.82, 2.24) is 14.8 Å². The smallest absolute Gasteiger partial charge is 0.259 e. The van der Waals surface area contributed by atoms with E-state index in [9.17, 15) is 9.90 Å². The molecule has 33 heavy (non-hydrogen) atoms.